The van der Waals surface area contributed by atoms with Crippen LogP contribution < -0.4 is 4.73 Å². The summed E-state index contributed by atoms with van der Waals surface area (Å²) in [4.78, 5) is 0. The molecule has 3 aromatic rings. The summed E-state index contributed by atoms with van der Waals surface area (Å²) in [7, 11) is 0. The van der Waals surface area contributed by atoms with Crippen molar-refractivity contribution in [1.82, 2.24) is 0 Å². The first-order chi connectivity index (χ1) is 16.3. The van der Waals surface area contributed by atoms with Crippen LogP contribution in [0.3, 0.4) is 0 Å². The molecule has 0 saturated carbocycles. The topological polar surface area (TPSA) is 36.2 Å². The minimum Gasteiger partial charge on any atom is -0.618 e. The summed E-state index contributed by atoms with van der Waals surface area (Å²) in [5.41, 5.74) is -1.42. The summed E-state index contributed by atoms with van der Waals surface area (Å²) in [5.74, 6) is -1.05. The molecule has 0 bridgehead atoms. The molecule has 1 aliphatic rings. The molecule has 10 heteroatoms. The molecule has 0 amide bonds. The molecule has 0 aliphatic heterocycles. The number of aromatic nitrogens is 1. The van der Waals surface area contributed by atoms with Crippen molar-refractivity contribution in [3.05, 3.63) is 105 Å². The van der Waals surface area contributed by atoms with Crippen molar-refractivity contribution in [1.29, 1.82) is 0 Å². The fourth-order valence-electron chi connectivity index (χ4n) is 4.49. The Hall–Kier alpha value is -3.14. The average molecular weight is 499 g/mol. The van der Waals surface area contributed by atoms with Crippen LogP contribution in [0.2, 0.25) is 0 Å². The monoisotopic (exact) mass is 499 g/mol. The number of ether oxygens (including phenoxy) is 1. The Morgan fingerprint density at radius 2 is 1.54 bits per heavy atom. The number of nitrogens with zero attached hydrogens (tertiary/aromatic N) is 1. The van der Waals surface area contributed by atoms with Crippen LogP contribution in [0.4, 0.5) is 30.7 Å². The zero-order valence-corrected chi connectivity index (χ0v) is 18.3. The lowest BCUT2D eigenvalue weighted by Crippen LogP contribution is -2.39. The number of rotatable bonds is 4. The third-order valence-corrected chi connectivity index (χ3v) is 6.16. The van der Waals surface area contributed by atoms with Gasteiger partial charge in [-0.15, -0.1) is 0 Å². The SMILES string of the molecule is C[C@H](O[C@H]1CCc2c(ccc[n+]2[O-])[C@H]1c1ccc(F)cc1)c1cc(C(F)(F)F)cc(C(F)(F)F)c1. The predicted octanol–water partition coefficient (Wildman–Crippen LogP) is 6.72. The van der Waals surface area contributed by atoms with Gasteiger partial charge >= 0.3 is 12.4 Å². The maximum Gasteiger partial charge on any atom is 0.416 e. The highest BCUT2D eigenvalue weighted by Gasteiger charge is 2.39. The minimum atomic E-state index is -4.97. The largest absolute Gasteiger partial charge is 0.618 e. The molecule has 0 fully saturated rings. The van der Waals surface area contributed by atoms with Gasteiger partial charge in [0.15, 0.2) is 11.9 Å². The fourth-order valence-corrected chi connectivity index (χ4v) is 4.49. The molecule has 0 radical (unpaired) electrons. The van der Waals surface area contributed by atoms with Gasteiger partial charge in [0.05, 0.1) is 23.3 Å². The van der Waals surface area contributed by atoms with Crippen LogP contribution in [0.5, 0.6) is 0 Å². The van der Waals surface area contributed by atoms with E-state index in [0.29, 0.717) is 40.1 Å². The molecule has 1 aliphatic carbocycles. The van der Waals surface area contributed by atoms with E-state index in [2.05, 4.69) is 0 Å². The first kappa shape index (κ1) is 25.0. The van der Waals surface area contributed by atoms with Crippen molar-refractivity contribution in [2.24, 2.45) is 0 Å². The minimum absolute atomic E-state index is 0.0708. The number of hydrogen-bond acceptors (Lipinski definition) is 2. The average Bonchev–Trinajstić information content (AvgIpc) is 2.78. The fraction of sp³-hybridized carbons (Fsp3) is 0.320. The molecule has 186 valence electrons. The van der Waals surface area contributed by atoms with E-state index in [-0.39, 0.29) is 18.1 Å². The van der Waals surface area contributed by atoms with Crippen molar-refractivity contribution < 1.29 is 40.2 Å². The van der Waals surface area contributed by atoms with Crippen LogP contribution in [0.25, 0.3) is 0 Å². The van der Waals surface area contributed by atoms with E-state index in [1.54, 1.807) is 6.07 Å². The Morgan fingerprint density at radius 1 is 0.943 bits per heavy atom. The normalized spacial score (nSPS) is 19.3. The molecule has 0 spiro atoms. The lowest BCUT2D eigenvalue weighted by molar-refractivity contribution is -0.615. The summed E-state index contributed by atoms with van der Waals surface area (Å²) in [6, 6.07) is 10.1. The van der Waals surface area contributed by atoms with Crippen LogP contribution in [0, 0.1) is 11.0 Å². The third-order valence-electron chi connectivity index (χ3n) is 6.16. The zero-order chi connectivity index (χ0) is 25.5. The van der Waals surface area contributed by atoms with Crippen LogP contribution in [-0.4, -0.2) is 6.10 Å². The second kappa shape index (κ2) is 9.14. The standard InChI is InChI=1S/C25H20F7NO2/c1-14(16-11-17(24(27,28)29)13-18(12-16)25(30,31)32)35-22-9-8-21-20(3-2-10-33(21)34)23(22)15-4-6-19(26)7-5-15/h2-7,10-14,22-23H,8-9H2,1H3/t14-,22-,23+/m0/s1. The number of benzene rings is 2. The van der Waals surface area contributed by atoms with Crippen molar-refractivity contribution in [2.75, 3.05) is 0 Å². The summed E-state index contributed by atoms with van der Waals surface area (Å²) in [6.07, 6.45) is -9.84. The van der Waals surface area contributed by atoms with E-state index in [1.807, 2.05) is 0 Å². The van der Waals surface area contributed by atoms with E-state index in [9.17, 15) is 35.9 Å². The summed E-state index contributed by atoms with van der Waals surface area (Å²) in [6.45, 7) is 1.38. The van der Waals surface area contributed by atoms with Gasteiger partial charge in [-0.05, 0) is 60.9 Å². The van der Waals surface area contributed by atoms with Gasteiger partial charge in [-0.25, -0.2) is 4.39 Å². The second-order valence-electron chi connectivity index (χ2n) is 8.46. The molecule has 3 atom stereocenters. The van der Waals surface area contributed by atoms with E-state index >= 15 is 0 Å². The van der Waals surface area contributed by atoms with E-state index in [1.165, 1.54) is 43.5 Å². The van der Waals surface area contributed by atoms with Gasteiger partial charge in [0.1, 0.15) is 5.82 Å². The highest BCUT2D eigenvalue weighted by Crippen LogP contribution is 2.42. The lowest BCUT2D eigenvalue weighted by atomic mass is 9.78. The highest BCUT2D eigenvalue weighted by molar-refractivity contribution is 5.38. The molecule has 0 unspecified atom stereocenters. The molecule has 0 saturated heterocycles. The molecular formula is C25H20F7NO2. The number of alkyl halides is 6. The van der Waals surface area contributed by atoms with Crippen LogP contribution >= 0.6 is 0 Å². The third kappa shape index (κ3) is 5.27. The van der Waals surface area contributed by atoms with Crippen molar-refractivity contribution in [3.8, 4) is 0 Å². The maximum atomic E-state index is 13.5. The Balaban J connectivity index is 1.72. The molecule has 3 nitrogen and oxygen atoms in total. The van der Waals surface area contributed by atoms with Crippen LogP contribution in [0.15, 0.2) is 60.8 Å². The number of pyridine rings is 1. The van der Waals surface area contributed by atoms with E-state index < -0.39 is 47.4 Å². The quantitative estimate of drug-likeness (QED) is 0.227. The number of halogens is 7. The molecule has 1 aromatic heterocycles. The summed E-state index contributed by atoms with van der Waals surface area (Å²) in [5, 5.41) is 12.3. The lowest BCUT2D eigenvalue weighted by Gasteiger charge is -2.34. The Morgan fingerprint density at radius 3 is 2.11 bits per heavy atom. The Bertz CT molecular complexity index is 1170. The van der Waals surface area contributed by atoms with Gasteiger partial charge in [-0.3, -0.25) is 0 Å². The van der Waals surface area contributed by atoms with Crippen LogP contribution in [-0.2, 0) is 23.5 Å². The summed E-state index contributed by atoms with van der Waals surface area (Å²) < 4.78 is 100. The Labute approximate surface area is 196 Å². The smallest absolute Gasteiger partial charge is 0.416 e. The van der Waals surface area contributed by atoms with Crippen molar-refractivity contribution >= 4 is 0 Å². The highest BCUT2D eigenvalue weighted by atomic mass is 19.4. The van der Waals surface area contributed by atoms with Gasteiger partial charge in [-0.2, -0.15) is 31.1 Å². The zero-order valence-electron chi connectivity index (χ0n) is 18.3. The Kier molecular flexibility index (Phi) is 6.52. The van der Waals surface area contributed by atoms with E-state index in [0.717, 1.165) is 0 Å². The predicted molar refractivity (Wildman–Crippen MR) is 112 cm³/mol. The first-order valence-corrected chi connectivity index (χ1v) is 10.8. The van der Waals surface area contributed by atoms with Crippen molar-refractivity contribution in [2.45, 2.75) is 50.2 Å². The molecule has 35 heavy (non-hydrogen) atoms. The van der Waals surface area contributed by atoms with Gasteiger partial charge in [0.25, 0.3) is 0 Å². The maximum absolute atomic E-state index is 13.5. The van der Waals surface area contributed by atoms with Crippen molar-refractivity contribution in [3.63, 3.8) is 0 Å². The molecule has 4 rings (SSSR count). The van der Waals surface area contributed by atoms with Gasteiger partial charge in [0.2, 0.25) is 0 Å². The second-order valence-corrected chi connectivity index (χ2v) is 8.46. The number of hydrogen-bond donors (Lipinski definition) is 0. The molecule has 1 heterocycles. The van der Waals surface area contributed by atoms with Gasteiger partial charge in [-0.1, -0.05) is 12.1 Å². The van der Waals surface area contributed by atoms with Gasteiger partial charge in [0, 0.05) is 24.0 Å². The summed E-state index contributed by atoms with van der Waals surface area (Å²) >= 11 is 0. The first-order valence-electron chi connectivity index (χ1n) is 10.8. The number of fused-ring (bicyclic) bond motifs is 1. The van der Waals surface area contributed by atoms with E-state index in [4.69, 9.17) is 4.74 Å². The molecular weight excluding hydrogens is 479 g/mol. The van der Waals surface area contributed by atoms with Gasteiger partial charge < -0.3 is 9.94 Å². The molecule has 2 aromatic carbocycles. The van der Waals surface area contributed by atoms with Crippen LogP contribution in [0.1, 0.15) is 58.9 Å². The molecule has 0 N–H and O–H groups in total.